The second-order valence-electron chi connectivity index (χ2n) is 4.28. The summed E-state index contributed by atoms with van der Waals surface area (Å²) in [4.78, 5) is 0. The SMILES string of the molecule is CNC(Cc1c(F)ccc(Br)c1F)c1ccccc1. The lowest BCUT2D eigenvalue weighted by Crippen LogP contribution is -2.20. The average molecular weight is 326 g/mol. The minimum absolute atomic E-state index is 0.0950. The molecular weight excluding hydrogens is 312 g/mol. The van der Waals surface area contributed by atoms with Crippen LogP contribution in [0.5, 0.6) is 0 Å². The number of hydrogen-bond donors (Lipinski definition) is 1. The third kappa shape index (κ3) is 3.19. The second kappa shape index (κ2) is 6.26. The van der Waals surface area contributed by atoms with Gasteiger partial charge in [-0.3, -0.25) is 0 Å². The fourth-order valence-corrected chi connectivity index (χ4v) is 2.40. The van der Waals surface area contributed by atoms with Crippen LogP contribution in [0.2, 0.25) is 0 Å². The van der Waals surface area contributed by atoms with Gasteiger partial charge in [0.15, 0.2) is 0 Å². The van der Waals surface area contributed by atoms with Crippen LogP contribution in [0.1, 0.15) is 17.2 Å². The summed E-state index contributed by atoms with van der Waals surface area (Å²) >= 11 is 3.09. The van der Waals surface area contributed by atoms with Crippen molar-refractivity contribution in [1.29, 1.82) is 0 Å². The van der Waals surface area contributed by atoms with E-state index in [-0.39, 0.29) is 22.5 Å². The zero-order chi connectivity index (χ0) is 13.8. The molecule has 0 spiro atoms. The molecule has 0 aliphatic heterocycles. The van der Waals surface area contributed by atoms with E-state index in [1.807, 2.05) is 30.3 Å². The van der Waals surface area contributed by atoms with Crippen molar-refractivity contribution in [3.8, 4) is 0 Å². The van der Waals surface area contributed by atoms with Crippen molar-refractivity contribution in [2.45, 2.75) is 12.5 Å². The maximum absolute atomic E-state index is 14.0. The van der Waals surface area contributed by atoms with E-state index >= 15 is 0 Å². The minimum Gasteiger partial charge on any atom is -0.313 e. The average Bonchev–Trinajstić information content (AvgIpc) is 2.44. The van der Waals surface area contributed by atoms with Crippen LogP contribution in [-0.2, 0) is 6.42 Å². The van der Waals surface area contributed by atoms with Crippen LogP contribution in [0.25, 0.3) is 0 Å². The Labute approximate surface area is 119 Å². The first kappa shape index (κ1) is 14.2. The zero-order valence-corrected chi connectivity index (χ0v) is 12.0. The Morgan fingerprint density at radius 1 is 1.11 bits per heavy atom. The third-order valence-corrected chi connectivity index (χ3v) is 3.71. The Morgan fingerprint density at radius 2 is 1.79 bits per heavy atom. The van der Waals surface area contributed by atoms with Crippen LogP contribution in [0, 0.1) is 11.6 Å². The molecule has 19 heavy (non-hydrogen) atoms. The number of hydrogen-bond acceptors (Lipinski definition) is 1. The summed E-state index contributed by atoms with van der Waals surface area (Å²) in [5.74, 6) is -1.05. The summed E-state index contributed by atoms with van der Waals surface area (Å²) in [5.41, 5.74) is 1.10. The number of halogens is 3. The summed E-state index contributed by atoms with van der Waals surface area (Å²) in [6.45, 7) is 0. The van der Waals surface area contributed by atoms with E-state index in [0.29, 0.717) is 0 Å². The summed E-state index contributed by atoms with van der Waals surface area (Å²) in [5, 5.41) is 3.09. The van der Waals surface area contributed by atoms with Crippen molar-refractivity contribution in [3.05, 3.63) is 69.7 Å². The van der Waals surface area contributed by atoms with Crippen molar-refractivity contribution < 1.29 is 8.78 Å². The number of nitrogens with one attached hydrogen (secondary N) is 1. The normalized spacial score (nSPS) is 12.4. The first-order chi connectivity index (χ1) is 9.13. The van der Waals surface area contributed by atoms with Gasteiger partial charge >= 0.3 is 0 Å². The lowest BCUT2D eigenvalue weighted by Gasteiger charge is -2.18. The van der Waals surface area contributed by atoms with E-state index < -0.39 is 11.6 Å². The smallest absolute Gasteiger partial charge is 0.143 e. The van der Waals surface area contributed by atoms with Crippen molar-refractivity contribution in [3.63, 3.8) is 0 Å². The van der Waals surface area contributed by atoms with Gasteiger partial charge in [-0.1, -0.05) is 30.3 Å². The van der Waals surface area contributed by atoms with E-state index in [2.05, 4.69) is 21.2 Å². The van der Waals surface area contributed by atoms with E-state index in [1.54, 1.807) is 7.05 Å². The van der Waals surface area contributed by atoms with Gasteiger partial charge in [-0.15, -0.1) is 0 Å². The van der Waals surface area contributed by atoms with E-state index in [4.69, 9.17) is 0 Å². The van der Waals surface area contributed by atoms with Gasteiger partial charge in [0.2, 0.25) is 0 Å². The molecule has 0 aliphatic carbocycles. The molecule has 1 atom stereocenters. The highest BCUT2D eigenvalue weighted by Crippen LogP contribution is 2.26. The Hall–Kier alpha value is -1.26. The van der Waals surface area contributed by atoms with Crippen molar-refractivity contribution in [2.75, 3.05) is 7.05 Å². The van der Waals surface area contributed by atoms with Gasteiger partial charge in [0.05, 0.1) is 4.47 Å². The number of likely N-dealkylation sites (N-methyl/N-ethyl adjacent to an activating group) is 1. The maximum atomic E-state index is 14.0. The summed E-state index contributed by atoms with van der Waals surface area (Å²) < 4.78 is 28.0. The molecule has 1 N–H and O–H groups in total. The van der Waals surface area contributed by atoms with Crippen LogP contribution >= 0.6 is 15.9 Å². The predicted octanol–water partition coefficient (Wildman–Crippen LogP) is 4.23. The zero-order valence-electron chi connectivity index (χ0n) is 10.5. The van der Waals surface area contributed by atoms with Crippen LogP contribution in [-0.4, -0.2) is 7.05 Å². The molecule has 0 bridgehead atoms. The molecule has 0 aliphatic rings. The molecule has 1 unspecified atom stereocenters. The van der Waals surface area contributed by atoms with Crippen molar-refractivity contribution in [2.24, 2.45) is 0 Å². The molecule has 0 radical (unpaired) electrons. The Morgan fingerprint density at radius 3 is 2.42 bits per heavy atom. The van der Waals surface area contributed by atoms with Gasteiger partial charge in [-0.05, 0) is 47.1 Å². The largest absolute Gasteiger partial charge is 0.313 e. The molecule has 2 aromatic carbocycles. The fraction of sp³-hybridized carbons (Fsp3) is 0.200. The lowest BCUT2D eigenvalue weighted by atomic mass is 9.98. The molecule has 4 heteroatoms. The highest BCUT2D eigenvalue weighted by Gasteiger charge is 2.17. The molecule has 100 valence electrons. The maximum Gasteiger partial charge on any atom is 0.143 e. The van der Waals surface area contributed by atoms with Crippen LogP contribution < -0.4 is 5.32 Å². The Balaban J connectivity index is 2.32. The predicted molar refractivity (Wildman–Crippen MR) is 76.0 cm³/mol. The Bertz CT molecular complexity index is 558. The lowest BCUT2D eigenvalue weighted by molar-refractivity contribution is 0.512. The molecule has 2 rings (SSSR count). The summed E-state index contributed by atoms with van der Waals surface area (Å²) in [6.07, 6.45) is 0.262. The van der Waals surface area contributed by atoms with Crippen LogP contribution in [0.4, 0.5) is 8.78 Å². The highest BCUT2D eigenvalue weighted by molar-refractivity contribution is 9.10. The molecule has 0 saturated heterocycles. The molecule has 2 aromatic rings. The molecule has 0 aromatic heterocycles. The minimum atomic E-state index is -0.531. The number of rotatable bonds is 4. The van der Waals surface area contributed by atoms with Crippen molar-refractivity contribution >= 4 is 15.9 Å². The first-order valence-corrected chi connectivity index (χ1v) is 6.77. The fourth-order valence-electron chi connectivity index (χ4n) is 2.03. The highest BCUT2D eigenvalue weighted by atomic mass is 79.9. The quantitative estimate of drug-likeness (QED) is 0.829. The number of benzene rings is 2. The monoisotopic (exact) mass is 325 g/mol. The molecule has 0 fully saturated rings. The molecule has 0 amide bonds. The van der Waals surface area contributed by atoms with Gasteiger partial charge in [0, 0.05) is 11.6 Å². The van der Waals surface area contributed by atoms with Gasteiger partial charge in [0.1, 0.15) is 11.6 Å². The van der Waals surface area contributed by atoms with Gasteiger partial charge in [0.25, 0.3) is 0 Å². The Kier molecular flexibility index (Phi) is 4.66. The van der Waals surface area contributed by atoms with Gasteiger partial charge < -0.3 is 5.32 Å². The molecule has 0 heterocycles. The van der Waals surface area contributed by atoms with Crippen LogP contribution in [0.15, 0.2) is 46.9 Å². The van der Waals surface area contributed by atoms with E-state index in [0.717, 1.165) is 5.56 Å². The second-order valence-corrected chi connectivity index (χ2v) is 5.13. The molecular formula is C15H14BrF2N. The molecule has 0 saturated carbocycles. The summed E-state index contributed by atoms with van der Waals surface area (Å²) in [7, 11) is 1.78. The topological polar surface area (TPSA) is 12.0 Å². The van der Waals surface area contributed by atoms with Crippen LogP contribution in [0.3, 0.4) is 0 Å². The third-order valence-electron chi connectivity index (χ3n) is 3.10. The van der Waals surface area contributed by atoms with E-state index in [9.17, 15) is 8.78 Å². The van der Waals surface area contributed by atoms with E-state index in [1.165, 1.54) is 12.1 Å². The first-order valence-electron chi connectivity index (χ1n) is 5.98. The summed E-state index contributed by atoms with van der Waals surface area (Å²) in [6, 6.07) is 12.1. The molecule has 1 nitrogen and oxygen atoms in total. The van der Waals surface area contributed by atoms with Gasteiger partial charge in [-0.25, -0.2) is 8.78 Å². The van der Waals surface area contributed by atoms with Crippen molar-refractivity contribution in [1.82, 2.24) is 5.32 Å². The standard InChI is InChI=1S/C15H14BrF2N/c1-19-14(10-5-3-2-4-6-10)9-11-13(17)8-7-12(16)15(11)18/h2-8,14,19H,9H2,1H3. The van der Waals surface area contributed by atoms with Gasteiger partial charge in [-0.2, -0.15) is 0 Å².